The van der Waals surface area contributed by atoms with Gasteiger partial charge in [-0.2, -0.15) is 10.2 Å². The van der Waals surface area contributed by atoms with Crippen LogP contribution in [0.5, 0.6) is 0 Å². The van der Waals surface area contributed by atoms with Crippen molar-refractivity contribution >= 4 is 22.9 Å². The molecule has 5 rings (SSSR count). The highest BCUT2D eigenvalue weighted by Crippen LogP contribution is 2.28. The van der Waals surface area contributed by atoms with E-state index in [-0.39, 0.29) is 11.8 Å². The van der Waals surface area contributed by atoms with Crippen molar-refractivity contribution in [3.8, 4) is 10.4 Å². The van der Waals surface area contributed by atoms with Crippen molar-refractivity contribution in [3.05, 3.63) is 59.6 Å². The molecule has 1 saturated heterocycles. The maximum atomic E-state index is 12.7. The Morgan fingerprint density at radius 1 is 1.21 bits per heavy atom. The van der Waals surface area contributed by atoms with E-state index in [2.05, 4.69) is 22.6 Å². The van der Waals surface area contributed by atoms with Crippen LogP contribution in [0.3, 0.4) is 0 Å². The van der Waals surface area contributed by atoms with Crippen LogP contribution >= 0.6 is 11.3 Å². The van der Waals surface area contributed by atoms with Gasteiger partial charge in [0, 0.05) is 48.9 Å². The lowest BCUT2D eigenvalue weighted by atomic mass is 9.97. The van der Waals surface area contributed by atoms with Gasteiger partial charge in [-0.05, 0) is 42.5 Å². The standard InChI is InChI=1S/C20H20N6OS/c1-24-10-8-16(22-24)20(27)25-9-2-4-15(12-25)19-21-18-7-6-14(13-26(18)23-19)17-5-3-11-28-17/h3,5-8,10-11,13,15H,2,4,9,12H2,1H3. The third-order valence-corrected chi connectivity index (χ3v) is 6.08. The molecule has 28 heavy (non-hydrogen) atoms. The summed E-state index contributed by atoms with van der Waals surface area (Å²) >= 11 is 1.71. The molecule has 0 aliphatic carbocycles. The molecule has 0 bridgehead atoms. The number of pyridine rings is 1. The summed E-state index contributed by atoms with van der Waals surface area (Å²) in [6.45, 7) is 1.38. The third-order valence-electron chi connectivity index (χ3n) is 5.16. The number of rotatable bonds is 3. The van der Waals surface area contributed by atoms with Crippen molar-refractivity contribution in [1.29, 1.82) is 0 Å². The van der Waals surface area contributed by atoms with Gasteiger partial charge in [0.05, 0.1) is 0 Å². The molecular weight excluding hydrogens is 372 g/mol. The Labute approximate surface area is 166 Å². The van der Waals surface area contributed by atoms with Crippen molar-refractivity contribution in [2.75, 3.05) is 13.1 Å². The van der Waals surface area contributed by atoms with Crippen molar-refractivity contribution < 1.29 is 4.79 Å². The fourth-order valence-corrected chi connectivity index (χ4v) is 4.44. The smallest absolute Gasteiger partial charge is 0.274 e. The molecule has 1 aliphatic heterocycles. The first kappa shape index (κ1) is 17.1. The fourth-order valence-electron chi connectivity index (χ4n) is 3.73. The summed E-state index contributed by atoms with van der Waals surface area (Å²) < 4.78 is 3.51. The lowest BCUT2D eigenvalue weighted by molar-refractivity contribution is 0.0698. The number of fused-ring (bicyclic) bond motifs is 1. The minimum atomic E-state index is -0.0194. The molecule has 0 radical (unpaired) electrons. The number of aromatic nitrogens is 5. The highest BCUT2D eigenvalue weighted by Gasteiger charge is 2.29. The molecule has 0 N–H and O–H groups in total. The molecule has 142 valence electrons. The third kappa shape index (κ3) is 3.09. The summed E-state index contributed by atoms with van der Waals surface area (Å²) in [5.41, 5.74) is 2.46. The van der Waals surface area contributed by atoms with Crippen LogP contribution in [0.4, 0.5) is 0 Å². The first-order valence-electron chi connectivity index (χ1n) is 9.36. The molecule has 0 saturated carbocycles. The quantitative estimate of drug-likeness (QED) is 0.537. The Kier molecular flexibility index (Phi) is 4.20. The summed E-state index contributed by atoms with van der Waals surface area (Å²) in [5.74, 6) is 0.933. The van der Waals surface area contributed by atoms with Gasteiger partial charge in [0.15, 0.2) is 11.5 Å². The summed E-state index contributed by atoms with van der Waals surface area (Å²) in [6, 6.07) is 10.0. The number of thiophene rings is 1. The Morgan fingerprint density at radius 3 is 2.93 bits per heavy atom. The second kappa shape index (κ2) is 6.87. The Balaban J connectivity index is 1.39. The van der Waals surface area contributed by atoms with E-state index in [1.165, 1.54) is 4.88 Å². The van der Waals surface area contributed by atoms with Gasteiger partial charge in [0.25, 0.3) is 5.91 Å². The number of aryl methyl sites for hydroxylation is 1. The van der Waals surface area contributed by atoms with Crippen LogP contribution in [0.2, 0.25) is 0 Å². The number of nitrogens with zero attached hydrogens (tertiary/aromatic N) is 6. The zero-order valence-electron chi connectivity index (χ0n) is 15.5. The summed E-state index contributed by atoms with van der Waals surface area (Å²) in [5, 5.41) is 11.0. The van der Waals surface area contributed by atoms with Crippen molar-refractivity contribution in [2.45, 2.75) is 18.8 Å². The average Bonchev–Trinajstić information content (AvgIpc) is 3.47. The topological polar surface area (TPSA) is 68.3 Å². The molecule has 8 heteroatoms. The monoisotopic (exact) mass is 392 g/mol. The number of likely N-dealkylation sites (tertiary alicyclic amines) is 1. The molecule has 7 nitrogen and oxygen atoms in total. The second-order valence-corrected chi connectivity index (χ2v) is 8.08. The zero-order chi connectivity index (χ0) is 19.1. The number of hydrogen-bond donors (Lipinski definition) is 0. The van der Waals surface area contributed by atoms with Crippen LogP contribution in [0.15, 0.2) is 48.1 Å². The van der Waals surface area contributed by atoms with Crippen LogP contribution in [0.1, 0.15) is 35.1 Å². The van der Waals surface area contributed by atoms with Crippen LogP contribution < -0.4 is 0 Å². The average molecular weight is 392 g/mol. The van der Waals surface area contributed by atoms with Crippen molar-refractivity contribution in [1.82, 2.24) is 29.3 Å². The summed E-state index contributed by atoms with van der Waals surface area (Å²) in [7, 11) is 1.82. The molecule has 1 fully saturated rings. The van der Waals surface area contributed by atoms with Gasteiger partial charge in [-0.1, -0.05) is 6.07 Å². The molecule has 5 heterocycles. The van der Waals surface area contributed by atoms with Crippen LogP contribution in [-0.2, 0) is 7.05 Å². The molecule has 1 aliphatic rings. The molecule has 1 atom stereocenters. The van der Waals surface area contributed by atoms with Gasteiger partial charge in [-0.15, -0.1) is 11.3 Å². The molecule has 0 aromatic carbocycles. The van der Waals surface area contributed by atoms with Gasteiger partial charge >= 0.3 is 0 Å². The van der Waals surface area contributed by atoms with E-state index < -0.39 is 0 Å². The van der Waals surface area contributed by atoms with Crippen LogP contribution in [-0.4, -0.2) is 48.3 Å². The highest BCUT2D eigenvalue weighted by molar-refractivity contribution is 7.13. The van der Waals surface area contributed by atoms with Gasteiger partial charge in [0.1, 0.15) is 5.69 Å². The highest BCUT2D eigenvalue weighted by atomic mass is 32.1. The van der Waals surface area contributed by atoms with Gasteiger partial charge < -0.3 is 4.90 Å². The summed E-state index contributed by atoms with van der Waals surface area (Å²) in [4.78, 5) is 20.6. The zero-order valence-corrected chi connectivity index (χ0v) is 16.3. The molecular formula is C20H20N6OS. The van der Waals surface area contributed by atoms with Gasteiger partial charge in [-0.3, -0.25) is 9.48 Å². The number of carbonyl (C=O) groups excluding carboxylic acids is 1. The van der Waals surface area contributed by atoms with Crippen LogP contribution in [0, 0.1) is 0 Å². The Hall–Kier alpha value is -3.00. The first-order valence-corrected chi connectivity index (χ1v) is 10.2. The second-order valence-electron chi connectivity index (χ2n) is 7.13. The maximum Gasteiger partial charge on any atom is 0.274 e. The van der Waals surface area contributed by atoms with E-state index in [1.807, 2.05) is 34.8 Å². The minimum absolute atomic E-state index is 0.0194. The van der Waals surface area contributed by atoms with Gasteiger partial charge in [-0.25, -0.2) is 9.50 Å². The normalized spacial score (nSPS) is 17.3. The minimum Gasteiger partial charge on any atom is -0.337 e. The van der Waals surface area contributed by atoms with Crippen molar-refractivity contribution in [3.63, 3.8) is 0 Å². The van der Waals surface area contributed by atoms with Crippen LogP contribution in [0.25, 0.3) is 16.1 Å². The van der Waals surface area contributed by atoms with E-state index in [1.54, 1.807) is 28.3 Å². The number of amides is 1. The first-order chi connectivity index (χ1) is 13.7. The van der Waals surface area contributed by atoms with E-state index in [0.29, 0.717) is 12.2 Å². The Bertz CT molecular complexity index is 1130. The SMILES string of the molecule is Cn1ccc(C(=O)N2CCCC(c3nc4ccc(-c5cccs5)cn4n3)C2)n1. The molecule has 4 aromatic rings. The predicted octanol–water partition coefficient (Wildman–Crippen LogP) is 3.21. The van der Waals surface area contributed by atoms with E-state index in [0.717, 1.165) is 36.4 Å². The maximum absolute atomic E-state index is 12.7. The lowest BCUT2D eigenvalue weighted by Crippen LogP contribution is -2.39. The number of hydrogen-bond acceptors (Lipinski definition) is 5. The fraction of sp³-hybridized carbons (Fsp3) is 0.300. The largest absolute Gasteiger partial charge is 0.337 e. The molecule has 1 amide bonds. The lowest BCUT2D eigenvalue weighted by Gasteiger charge is -2.30. The molecule has 4 aromatic heterocycles. The van der Waals surface area contributed by atoms with Gasteiger partial charge in [0.2, 0.25) is 0 Å². The predicted molar refractivity (Wildman–Crippen MR) is 107 cm³/mol. The van der Waals surface area contributed by atoms with E-state index in [4.69, 9.17) is 10.1 Å². The van der Waals surface area contributed by atoms with E-state index >= 15 is 0 Å². The Morgan fingerprint density at radius 2 is 2.14 bits per heavy atom. The van der Waals surface area contributed by atoms with Crippen molar-refractivity contribution in [2.24, 2.45) is 7.05 Å². The van der Waals surface area contributed by atoms with E-state index in [9.17, 15) is 4.79 Å². The molecule has 1 unspecified atom stereocenters. The summed E-state index contributed by atoms with van der Waals surface area (Å²) in [6.07, 6.45) is 5.75. The number of carbonyl (C=O) groups is 1. The molecule has 0 spiro atoms. The number of piperidine rings is 1.